The molecule has 1 saturated heterocycles. The van der Waals surface area contributed by atoms with E-state index in [9.17, 15) is 9.59 Å². The van der Waals surface area contributed by atoms with Crippen LogP contribution in [0.2, 0.25) is 0 Å². The summed E-state index contributed by atoms with van der Waals surface area (Å²) in [5.41, 5.74) is 0.514. The van der Waals surface area contributed by atoms with Gasteiger partial charge in [0.2, 0.25) is 11.8 Å². The number of unbranched alkanes of at least 4 members (excludes halogenated alkanes) is 4. The number of carbonyl (C=O) groups is 2. The monoisotopic (exact) mass is 372 g/mol. The molecule has 0 radical (unpaired) electrons. The maximum Gasteiger partial charge on any atom is 0.246 e. The topological polar surface area (TPSA) is 58.2 Å². The Morgan fingerprint density at radius 1 is 1.04 bits per heavy atom. The predicted molar refractivity (Wildman–Crippen MR) is 106 cm³/mol. The van der Waals surface area contributed by atoms with Gasteiger partial charge in [0.15, 0.2) is 0 Å². The standard InChI is InChI=1S/C18H32N2O2S2/c1-15(2)18(22)20-13-8-12-19-17(21)10-7-5-3-4-6-9-16-11-14-23-24-16/h16H,1,3-14H2,2H3,(H,19,21)(H,20,22). The second-order valence-electron chi connectivity index (χ2n) is 6.38. The Kier molecular flexibility index (Phi) is 12.2. The first kappa shape index (κ1) is 21.4. The molecule has 2 amide bonds. The SMILES string of the molecule is C=C(C)C(=O)NCCCNC(=O)CCCCCCCC1CCSS1. The van der Waals surface area contributed by atoms with Gasteiger partial charge in [-0.2, -0.15) is 0 Å². The molecular formula is C18H32N2O2S2. The summed E-state index contributed by atoms with van der Waals surface area (Å²) in [6, 6.07) is 0. The van der Waals surface area contributed by atoms with Crippen molar-refractivity contribution in [1.82, 2.24) is 10.6 Å². The van der Waals surface area contributed by atoms with Crippen LogP contribution < -0.4 is 10.6 Å². The van der Waals surface area contributed by atoms with Crippen LogP contribution in [0.4, 0.5) is 0 Å². The largest absolute Gasteiger partial charge is 0.356 e. The Bertz CT molecular complexity index is 396. The van der Waals surface area contributed by atoms with Crippen molar-refractivity contribution in [2.75, 3.05) is 18.8 Å². The summed E-state index contributed by atoms with van der Waals surface area (Å²) < 4.78 is 0. The lowest BCUT2D eigenvalue weighted by Crippen LogP contribution is -2.29. The zero-order valence-corrected chi connectivity index (χ0v) is 16.5. The van der Waals surface area contributed by atoms with E-state index in [2.05, 4.69) is 28.0 Å². The first-order valence-electron chi connectivity index (χ1n) is 9.08. The highest BCUT2D eigenvalue weighted by molar-refractivity contribution is 8.77. The Morgan fingerprint density at radius 2 is 1.75 bits per heavy atom. The maximum atomic E-state index is 11.7. The van der Waals surface area contributed by atoms with E-state index in [4.69, 9.17) is 0 Å². The third-order valence-corrected chi connectivity index (χ3v) is 7.01. The fourth-order valence-corrected chi connectivity index (χ4v) is 5.54. The van der Waals surface area contributed by atoms with Crippen LogP contribution in [0.15, 0.2) is 12.2 Å². The van der Waals surface area contributed by atoms with Gasteiger partial charge in [0.05, 0.1) is 0 Å². The highest BCUT2D eigenvalue weighted by atomic mass is 33.1. The van der Waals surface area contributed by atoms with Crippen LogP contribution in [0, 0.1) is 0 Å². The minimum atomic E-state index is -0.119. The van der Waals surface area contributed by atoms with E-state index in [0.29, 0.717) is 25.1 Å². The number of nitrogens with one attached hydrogen (secondary N) is 2. The zero-order chi connectivity index (χ0) is 17.6. The van der Waals surface area contributed by atoms with Gasteiger partial charge < -0.3 is 10.6 Å². The second-order valence-corrected chi connectivity index (χ2v) is 9.16. The molecule has 1 atom stereocenters. The van der Waals surface area contributed by atoms with Crippen LogP contribution in [-0.2, 0) is 9.59 Å². The molecule has 1 rings (SSSR count). The van der Waals surface area contributed by atoms with Gasteiger partial charge in [-0.25, -0.2) is 0 Å². The van der Waals surface area contributed by atoms with Crippen molar-refractivity contribution >= 4 is 33.4 Å². The maximum absolute atomic E-state index is 11.7. The summed E-state index contributed by atoms with van der Waals surface area (Å²) in [4.78, 5) is 23.0. The van der Waals surface area contributed by atoms with Crippen LogP contribution in [0.3, 0.4) is 0 Å². The molecule has 138 valence electrons. The molecule has 1 heterocycles. The van der Waals surface area contributed by atoms with E-state index >= 15 is 0 Å². The van der Waals surface area contributed by atoms with Crippen molar-refractivity contribution in [3.63, 3.8) is 0 Å². The van der Waals surface area contributed by atoms with Crippen molar-refractivity contribution in [2.45, 2.75) is 70.0 Å². The number of amides is 2. The molecule has 2 N–H and O–H groups in total. The zero-order valence-electron chi connectivity index (χ0n) is 14.9. The van der Waals surface area contributed by atoms with Crippen LogP contribution >= 0.6 is 21.6 Å². The fraction of sp³-hybridized carbons (Fsp3) is 0.778. The fourth-order valence-electron chi connectivity index (χ4n) is 2.51. The number of hydrogen-bond donors (Lipinski definition) is 2. The third kappa shape index (κ3) is 11.0. The van der Waals surface area contributed by atoms with Gasteiger partial charge in [-0.3, -0.25) is 9.59 Å². The van der Waals surface area contributed by atoms with Crippen molar-refractivity contribution in [1.29, 1.82) is 0 Å². The average molecular weight is 373 g/mol. The lowest BCUT2D eigenvalue weighted by atomic mass is 10.1. The smallest absolute Gasteiger partial charge is 0.246 e. The third-order valence-electron chi connectivity index (χ3n) is 4.01. The molecule has 0 bridgehead atoms. The van der Waals surface area contributed by atoms with Gasteiger partial charge in [0, 0.05) is 36.1 Å². The Labute approximate surface area is 154 Å². The Balaban J connectivity index is 1.82. The summed E-state index contributed by atoms with van der Waals surface area (Å²) in [7, 11) is 4.08. The van der Waals surface area contributed by atoms with Gasteiger partial charge in [0.1, 0.15) is 0 Å². The normalized spacial score (nSPS) is 16.8. The van der Waals surface area contributed by atoms with E-state index in [-0.39, 0.29) is 11.8 Å². The molecule has 4 nitrogen and oxygen atoms in total. The molecule has 0 aromatic rings. The van der Waals surface area contributed by atoms with E-state index < -0.39 is 0 Å². The molecule has 0 spiro atoms. The average Bonchev–Trinajstić information content (AvgIpc) is 3.06. The minimum absolute atomic E-state index is 0.119. The number of hydrogen-bond acceptors (Lipinski definition) is 4. The molecule has 1 fully saturated rings. The molecule has 0 saturated carbocycles. The molecule has 1 unspecified atom stereocenters. The molecule has 1 aliphatic heterocycles. The van der Waals surface area contributed by atoms with Crippen molar-refractivity contribution in [3.05, 3.63) is 12.2 Å². The molecule has 6 heteroatoms. The highest BCUT2D eigenvalue weighted by Gasteiger charge is 2.15. The molecular weight excluding hydrogens is 340 g/mol. The summed E-state index contributed by atoms with van der Waals surface area (Å²) in [6.07, 6.45) is 10.1. The van der Waals surface area contributed by atoms with Gasteiger partial charge in [-0.15, -0.1) is 0 Å². The minimum Gasteiger partial charge on any atom is -0.356 e. The predicted octanol–water partition coefficient (Wildman–Crippen LogP) is 4.07. The lowest BCUT2D eigenvalue weighted by Gasteiger charge is -2.07. The summed E-state index contributed by atoms with van der Waals surface area (Å²) in [5.74, 6) is 1.33. The molecule has 1 aliphatic rings. The summed E-state index contributed by atoms with van der Waals surface area (Å²) in [6.45, 7) is 6.45. The highest BCUT2D eigenvalue weighted by Crippen LogP contribution is 2.39. The van der Waals surface area contributed by atoms with Crippen molar-refractivity contribution < 1.29 is 9.59 Å². The lowest BCUT2D eigenvalue weighted by molar-refractivity contribution is -0.121. The van der Waals surface area contributed by atoms with Gasteiger partial charge in [-0.05, 0) is 32.6 Å². The van der Waals surface area contributed by atoms with Crippen LogP contribution in [-0.4, -0.2) is 35.9 Å². The van der Waals surface area contributed by atoms with Crippen LogP contribution in [0.1, 0.15) is 64.7 Å². The molecule has 0 aromatic heterocycles. The first-order chi connectivity index (χ1) is 11.6. The van der Waals surface area contributed by atoms with E-state index in [1.807, 2.05) is 10.8 Å². The quantitative estimate of drug-likeness (QED) is 0.291. The van der Waals surface area contributed by atoms with Crippen LogP contribution in [0.25, 0.3) is 0 Å². The van der Waals surface area contributed by atoms with Crippen LogP contribution in [0.5, 0.6) is 0 Å². The summed E-state index contributed by atoms with van der Waals surface area (Å²) in [5, 5.41) is 6.55. The van der Waals surface area contributed by atoms with Crippen molar-refractivity contribution in [2.24, 2.45) is 0 Å². The van der Waals surface area contributed by atoms with Gasteiger partial charge in [0.25, 0.3) is 0 Å². The van der Waals surface area contributed by atoms with Gasteiger partial charge >= 0.3 is 0 Å². The molecule has 0 aliphatic carbocycles. The summed E-state index contributed by atoms with van der Waals surface area (Å²) >= 11 is 0. The van der Waals surface area contributed by atoms with Gasteiger partial charge in [-0.1, -0.05) is 53.9 Å². The van der Waals surface area contributed by atoms with E-state index in [0.717, 1.165) is 24.5 Å². The Hall–Kier alpha value is -0.620. The van der Waals surface area contributed by atoms with E-state index in [1.165, 1.54) is 37.9 Å². The van der Waals surface area contributed by atoms with Crippen molar-refractivity contribution in [3.8, 4) is 0 Å². The van der Waals surface area contributed by atoms with E-state index in [1.54, 1.807) is 6.92 Å². The molecule has 24 heavy (non-hydrogen) atoms. The first-order valence-corrected chi connectivity index (χ1v) is 11.5. The number of rotatable bonds is 13. The molecule has 0 aromatic carbocycles. The second kappa shape index (κ2) is 13.6. The Morgan fingerprint density at radius 3 is 2.46 bits per heavy atom. The number of carbonyl (C=O) groups excluding carboxylic acids is 2.